The molecular weight excluding hydrogens is 266 g/mol. The van der Waals surface area contributed by atoms with Gasteiger partial charge in [0.15, 0.2) is 0 Å². The van der Waals surface area contributed by atoms with Crippen molar-refractivity contribution in [3.8, 4) is 0 Å². The van der Waals surface area contributed by atoms with Crippen LogP contribution >= 0.6 is 0 Å². The fraction of sp³-hybridized carbons (Fsp3) is 0.125. The summed E-state index contributed by atoms with van der Waals surface area (Å²) in [5.41, 5.74) is 2.12. The van der Waals surface area contributed by atoms with Gasteiger partial charge in [-0.25, -0.2) is 4.68 Å². The second-order valence-electron chi connectivity index (χ2n) is 4.83. The molecule has 0 atom stereocenters. The molecule has 0 radical (unpaired) electrons. The lowest BCUT2D eigenvalue weighted by atomic mass is 10.1. The van der Waals surface area contributed by atoms with Gasteiger partial charge in [0.05, 0.1) is 17.4 Å². The third kappa shape index (κ3) is 2.45. The summed E-state index contributed by atoms with van der Waals surface area (Å²) in [6, 6.07) is 14.8. The zero-order chi connectivity index (χ0) is 14.8. The summed E-state index contributed by atoms with van der Waals surface area (Å²) in [7, 11) is 1.57. The Morgan fingerprint density at radius 3 is 2.67 bits per heavy atom. The molecular formula is C16H15N3O2. The van der Waals surface area contributed by atoms with E-state index in [9.17, 15) is 9.59 Å². The average molecular weight is 281 g/mol. The number of amides is 1. The number of carbonyl (C=O) groups is 1. The molecule has 0 spiro atoms. The van der Waals surface area contributed by atoms with Gasteiger partial charge < -0.3 is 5.32 Å². The molecule has 1 amide bonds. The van der Waals surface area contributed by atoms with Gasteiger partial charge in [0.1, 0.15) is 0 Å². The van der Waals surface area contributed by atoms with Gasteiger partial charge >= 0.3 is 0 Å². The SMILES string of the molecule is CNC(=O)c1ccc2[nH]n(Cc3ccccc3)c(=O)c2c1. The third-order valence-electron chi connectivity index (χ3n) is 3.42. The van der Waals surface area contributed by atoms with Gasteiger partial charge in [0, 0.05) is 12.6 Å². The predicted molar refractivity (Wildman–Crippen MR) is 81.5 cm³/mol. The topological polar surface area (TPSA) is 66.9 Å². The van der Waals surface area contributed by atoms with Crippen LogP contribution in [0, 0.1) is 0 Å². The van der Waals surface area contributed by atoms with Gasteiger partial charge in [-0.2, -0.15) is 0 Å². The highest BCUT2D eigenvalue weighted by Crippen LogP contribution is 2.11. The van der Waals surface area contributed by atoms with Crippen molar-refractivity contribution in [1.82, 2.24) is 15.1 Å². The van der Waals surface area contributed by atoms with Crippen molar-refractivity contribution in [3.63, 3.8) is 0 Å². The van der Waals surface area contributed by atoms with E-state index < -0.39 is 0 Å². The first-order valence-corrected chi connectivity index (χ1v) is 6.67. The molecule has 5 heteroatoms. The molecule has 1 aromatic heterocycles. The van der Waals surface area contributed by atoms with E-state index >= 15 is 0 Å². The van der Waals surface area contributed by atoms with Gasteiger partial charge in [-0.15, -0.1) is 0 Å². The van der Waals surface area contributed by atoms with Crippen LogP contribution in [0.5, 0.6) is 0 Å². The molecule has 1 heterocycles. The molecule has 0 fully saturated rings. The fourth-order valence-electron chi connectivity index (χ4n) is 2.32. The number of rotatable bonds is 3. The summed E-state index contributed by atoms with van der Waals surface area (Å²) < 4.78 is 1.55. The highest BCUT2D eigenvalue weighted by atomic mass is 16.1. The number of aromatic nitrogens is 2. The summed E-state index contributed by atoms with van der Waals surface area (Å²) >= 11 is 0. The Labute approximate surface area is 121 Å². The maximum absolute atomic E-state index is 12.4. The highest BCUT2D eigenvalue weighted by Gasteiger charge is 2.10. The Bertz CT molecular complexity index is 847. The number of nitrogens with zero attached hydrogens (tertiary/aromatic N) is 1. The largest absolute Gasteiger partial charge is 0.355 e. The molecule has 0 aliphatic heterocycles. The molecule has 3 rings (SSSR count). The minimum absolute atomic E-state index is 0.125. The zero-order valence-electron chi connectivity index (χ0n) is 11.6. The monoisotopic (exact) mass is 281 g/mol. The Kier molecular flexibility index (Phi) is 3.31. The molecule has 0 saturated carbocycles. The number of hydrogen-bond acceptors (Lipinski definition) is 2. The number of hydrogen-bond donors (Lipinski definition) is 2. The fourth-order valence-corrected chi connectivity index (χ4v) is 2.32. The van der Waals surface area contributed by atoms with E-state index in [-0.39, 0.29) is 11.5 Å². The second-order valence-corrected chi connectivity index (χ2v) is 4.83. The summed E-state index contributed by atoms with van der Waals surface area (Å²) in [6.45, 7) is 0.476. The zero-order valence-corrected chi connectivity index (χ0v) is 11.6. The lowest BCUT2D eigenvalue weighted by molar-refractivity contribution is 0.0963. The van der Waals surface area contributed by atoms with E-state index in [1.54, 1.807) is 29.9 Å². The first-order chi connectivity index (χ1) is 10.2. The number of carbonyl (C=O) groups excluding carboxylic acids is 1. The molecule has 0 bridgehead atoms. The van der Waals surface area contributed by atoms with Crippen LogP contribution in [0.1, 0.15) is 15.9 Å². The minimum atomic E-state index is -0.202. The van der Waals surface area contributed by atoms with Crippen molar-refractivity contribution in [2.75, 3.05) is 7.05 Å². The second kappa shape index (κ2) is 5.28. The first-order valence-electron chi connectivity index (χ1n) is 6.67. The van der Waals surface area contributed by atoms with Crippen LogP contribution in [-0.4, -0.2) is 22.7 Å². The first kappa shape index (κ1) is 13.2. The highest BCUT2D eigenvalue weighted by molar-refractivity contribution is 5.97. The number of aromatic amines is 1. The van der Waals surface area contributed by atoms with E-state index in [0.717, 1.165) is 11.1 Å². The molecule has 2 N–H and O–H groups in total. The van der Waals surface area contributed by atoms with Crippen LogP contribution in [0.3, 0.4) is 0 Å². The Hall–Kier alpha value is -2.82. The molecule has 5 nitrogen and oxygen atoms in total. The van der Waals surface area contributed by atoms with Crippen molar-refractivity contribution in [1.29, 1.82) is 0 Å². The van der Waals surface area contributed by atoms with E-state index in [2.05, 4.69) is 10.4 Å². The molecule has 0 aliphatic carbocycles. The summed E-state index contributed by atoms with van der Waals surface area (Å²) in [5.74, 6) is -0.202. The van der Waals surface area contributed by atoms with Gasteiger partial charge in [-0.05, 0) is 23.8 Å². The van der Waals surface area contributed by atoms with E-state index in [4.69, 9.17) is 0 Å². The van der Waals surface area contributed by atoms with Crippen LogP contribution in [-0.2, 0) is 6.54 Å². The summed E-state index contributed by atoms with van der Waals surface area (Å²) in [4.78, 5) is 24.0. The molecule has 0 unspecified atom stereocenters. The molecule has 21 heavy (non-hydrogen) atoms. The normalized spacial score (nSPS) is 10.7. The Morgan fingerprint density at radius 2 is 1.95 bits per heavy atom. The van der Waals surface area contributed by atoms with E-state index in [1.165, 1.54) is 0 Å². The van der Waals surface area contributed by atoms with Crippen LogP contribution in [0.15, 0.2) is 53.3 Å². The average Bonchev–Trinajstić information content (AvgIpc) is 2.83. The van der Waals surface area contributed by atoms with Crippen LogP contribution in [0.2, 0.25) is 0 Å². The van der Waals surface area contributed by atoms with Gasteiger partial charge in [0.2, 0.25) is 0 Å². The van der Waals surface area contributed by atoms with Crippen molar-refractivity contribution in [2.24, 2.45) is 0 Å². The Balaban J connectivity index is 2.04. The molecule has 0 aliphatic rings. The molecule has 106 valence electrons. The van der Waals surface area contributed by atoms with Gasteiger partial charge in [0.25, 0.3) is 11.5 Å². The maximum Gasteiger partial charge on any atom is 0.274 e. The van der Waals surface area contributed by atoms with Crippen LogP contribution in [0.25, 0.3) is 10.9 Å². The molecule has 2 aromatic carbocycles. The third-order valence-corrected chi connectivity index (χ3v) is 3.42. The van der Waals surface area contributed by atoms with Crippen molar-refractivity contribution in [2.45, 2.75) is 6.54 Å². The lowest BCUT2D eigenvalue weighted by Gasteiger charge is -2.00. The number of nitrogens with one attached hydrogen (secondary N) is 2. The molecule has 0 saturated heterocycles. The lowest BCUT2D eigenvalue weighted by Crippen LogP contribution is -2.19. The molecule has 3 aromatic rings. The number of H-pyrrole nitrogens is 1. The van der Waals surface area contributed by atoms with Gasteiger partial charge in [-0.3, -0.25) is 14.7 Å². The maximum atomic E-state index is 12.4. The van der Waals surface area contributed by atoms with Crippen LogP contribution in [0.4, 0.5) is 0 Å². The number of fused-ring (bicyclic) bond motifs is 1. The van der Waals surface area contributed by atoms with Crippen molar-refractivity contribution < 1.29 is 4.79 Å². The minimum Gasteiger partial charge on any atom is -0.355 e. The van der Waals surface area contributed by atoms with Gasteiger partial charge in [-0.1, -0.05) is 30.3 Å². The van der Waals surface area contributed by atoms with E-state index in [1.807, 2.05) is 30.3 Å². The summed E-state index contributed by atoms with van der Waals surface area (Å²) in [6.07, 6.45) is 0. The Morgan fingerprint density at radius 1 is 1.19 bits per heavy atom. The van der Waals surface area contributed by atoms with Crippen molar-refractivity contribution >= 4 is 16.8 Å². The van der Waals surface area contributed by atoms with E-state index in [0.29, 0.717) is 17.5 Å². The smallest absolute Gasteiger partial charge is 0.274 e. The standard InChI is InChI=1S/C16H15N3O2/c1-17-15(20)12-7-8-14-13(9-12)16(21)19(18-14)10-11-5-3-2-4-6-11/h2-9,18H,10H2,1H3,(H,17,20). The van der Waals surface area contributed by atoms with Crippen LogP contribution < -0.4 is 10.9 Å². The predicted octanol–water partition coefficient (Wildman–Crippen LogP) is 1.74. The van der Waals surface area contributed by atoms with Crippen molar-refractivity contribution in [3.05, 3.63) is 70.0 Å². The quantitative estimate of drug-likeness (QED) is 0.768. The number of benzene rings is 2. The summed E-state index contributed by atoms with van der Waals surface area (Å²) in [5, 5.41) is 6.14.